The number of carbonyl (C=O) groups is 1. The van der Waals surface area contributed by atoms with Gasteiger partial charge in [0, 0.05) is 19.1 Å². The molecule has 1 heterocycles. The molecular formula is C13H14N2O3S. The lowest BCUT2D eigenvalue weighted by Crippen LogP contribution is -2.24. The van der Waals surface area contributed by atoms with Crippen molar-refractivity contribution in [2.45, 2.75) is 17.7 Å². The van der Waals surface area contributed by atoms with Gasteiger partial charge in [0.05, 0.1) is 21.4 Å². The van der Waals surface area contributed by atoms with Crippen molar-refractivity contribution in [1.82, 2.24) is 5.43 Å². The summed E-state index contributed by atoms with van der Waals surface area (Å²) in [6.07, 6.45) is 6.13. The van der Waals surface area contributed by atoms with Gasteiger partial charge in [-0.1, -0.05) is 12.1 Å². The summed E-state index contributed by atoms with van der Waals surface area (Å²) in [7, 11) is -1.21. The largest absolute Gasteiger partial charge is 0.507 e. The lowest BCUT2D eigenvalue weighted by Gasteiger charge is -2.08. The molecule has 5 nitrogen and oxygen atoms in total. The van der Waals surface area contributed by atoms with Gasteiger partial charge in [-0.25, -0.2) is 5.43 Å². The molecular weight excluding hydrogens is 264 g/mol. The zero-order valence-corrected chi connectivity index (χ0v) is 11.2. The number of phenolic OH excluding ortho intramolecular Hbond substituents is 1. The van der Waals surface area contributed by atoms with E-state index in [0.717, 1.165) is 11.3 Å². The first kappa shape index (κ1) is 13.5. The summed E-state index contributed by atoms with van der Waals surface area (Å²) >= 11 is 0. The van der Waals surface area contributed by atoms with Crippen molar-refractivity contribution in [3.63, 3.8) is 0 Å². The number of carbonyl (C=O) groups excluding carboxylic acids is 1. The number of hydrazone groups is 1. The van der Waals surface area contributed by atoms with Gasteiger partial charge in [0.2, 0.25) is 5.91 Å². The van der Waals surface area contributed by atoms with E-state index in [2.05, 4.69) is 10.5 Å². The number of aromatic hydroxyl groups is 1. The van der Waals surface area contributed by atoms with Crippen molar-refractivity contribution >= 4 is 28.5 Å². The summed E-state index contributed by atoms with van der Waals surface area (Å²) < 4.78 is 11.3. The number of allylic oxidation sites excluding steroid dienone is 1. The Kier molecular flexibility index (Phi) is 4.11. The van der Waals surface area contributed by atoms with Crippen LogP contribution in [0, 0.1) is 0 Å². The summed E-state index contributed by atoms with van der Waals surface area (Å²) in [4.78, 5) is 11.3. The Labute approximate surface area is 113 Å². The summed E-state index contributed by atoms with van der Waals surface area (Å²) in [5, 5.41) is 13.6. The van der Waals surface area contributed by atoms with Crippen LogP contribution in [0.1, 0.15) is 18.4 Å². The molecule has 2 rings (SSSR count). The molecule has 0 bridgehead atoms. The van der Waals surface area contributed by atoms with Crippen LogP contribution in [0.3, 0.4) is 0 Å². The van der Waals surface area contributed by atoms with Gasteiger partial charge in [0.15, 0.2) is 0 Å². The molecule has 0 saturated heterocycles. The summed E-state index contributed by atoms with van der Waals surface area (Å²) in [6.45, 7) is 0. The highest BCUT2D eigenvalue weighted by molar-refractivity contribution is 7.84. The number of rotatable bonds is 3. The van der Waals surface area contributed by atoms with E-state index in [1.54, 1.807) is 30.4 Å². The highest BCUT2D eigenvalue weighted by Crippen LogP contribution is 2.22. The minimum atomic E-state index is -1.21. The number of hydrogen-bond acceptors (Lipinski definition) is 4. The van der Waals surface area contributed by atoms with Crippen LogP contribution in [-0.4, -0.2) is 27.2 Å². The van der Waals surface area contributed by atoms with Crippen molar-refractivity contribution < 1.29 is 14.1 Å². The zero-order chi connectivity index (χ0) is 13.8. The van der Waals surface area contributed by atoms with Crippen LogP contribution < -0.4 is 5.43 Å². The molecule has 1 unspecified atom stereocenters. The second-order valence-electron chi connectivity index (χ2n) is 4.15. The number of benzene rings is 1. The number of hydrogen-bond donors (Lipinski definition) is 2. The smallest absolute Gasteiger partial charge is 0.240 e. The Morgan fingerprint density at radius 3 is 2.74 bits per heavy atom. The topological polar surface area (TPSA) is 78.8 Å². The monoisotopic (exact) mass is 278 g/mol. The van der Waals surface area contributed by atoms with Crippen LogP contribution in [0.2, 0.25) is 0 Å². The first-order chi connectivity index (χ1) is 9.06. The van der Waals surface area contributed by atoms with Crippen LogP contribution in [0.25, 0.3) is 6.08 Å². The fourth-order valence-electron chi connectivity index (χ4n) is 1.68. The minimum Gasteiger partial charge on any atom is -0.507 e. The molecule has 1 aliphatic heterocycles. The molecule has 2 N–H and O–H groups in total. The van der Waals surface area contributed by atoms with Gasteiger partial charge >= 0.3 is 0 Å². The molecule has 0 spiro atoms. The predicted octanol–water partition coefficient (Wildman–Crippen LogP) is 1.41. The van der Waals surface area contributed by atoms with Crippen LogP contribution >= 0.6 is 0 Å². The van der Waals surface area contributed by atoms with Gasteiger partial charge in [0.1, 0.15) is 5.75 Å². The Balaban J connectivity index is 2.13. The van der Waals surface area contributed by atoms with Gasteiger partial charge in [0.25, 0.3) is 0 Å². The third-order valence-electron chi connectivity index (χ3n) is 2.69. The van der Waals surface area contributed by atoms with Crippen molar-refractivity contribution in [1.29, 1.82) is 0 Å². The van der Waals surface area contributed by atoms with Crippen molar-refractivity contribution in [3.05, 3.63) is 29.8 Å². The average molecular weight is 278 g/mol. The van der Waals surface area contributed by atoms with Crippen LogP contribution in [0.5, 0.6) is 5.75 Å². The average Bonchev–Trinajstić information content (AvgIpc) is 2.37. The Hall–Kier alpha value is -1.95. The van der Waals surface area contributed by atoms with E-state index in [-0.39, 0.29) is 11.7 Å². The number of nitrogens with one attached hydrogen (secondary N) is 1. The maximum Gasteiger partial charge on any atom is 0.240 e. The number of nitrogens with zero attached hydrogens (tertiary/aromatic N) is 1. The maximum absolute atomic E-state index is 11.3. The maximum atomic E-state index is 11.3. The van der Waals surface area contributed by atoms with Crippen LogP contribution in [0.15, 0.2) is 34.3 Å². The second-order valence-corrected chi connectivity index (χ2v) is 5.50. The highest BCUT2D eigenvalue weighted by atomic mass is 32.2. The SMILES string of the molecule is CS(=O)c1ccc(C=CC2=NNC(=O)CC2)cc1O. The first-order valence-electron chi connectivity index (χ1n) is 5.76. The fourth-order valence-corrected chi connectivity index (χ4v) is 2.29. The van der Waals surface area contributed by atoms with Gasteiger partial charge in [-0.2, -0.15) is 5.10 Å². The van der Waals surface area contributed by atoms with Crippen molar-refractivity contribution in [2.75, 3.05) is 6.26 Å². The third kappa shape index (κ3) is 3.51. The van der Waals surface area contributed by atoms with Gasteiger partial charge in [-0.3, -0.25) is 9.00 Å². The molecule has 0 saturated carbocycles. The Morgan fingerprint density at radius 2 is 2.16 bits per heavy atom. The van der Waals surface area contributed by atoms with Crippen LogP contribution in [0.4, 0.5) is 0 Å². The normalized spacial score (nSPS) is 17.1. The zero-order valence-electron chi connectivity index (χ0n) is 10.4. The van der Waals surface area contributed by atoms with Gasteiger partial charge in [-0.15, -0.1) is 0 Å². The Morgan fingerprint density at radius 1 is 1.37 bits per heavy atom. The fraction of sp³-hybridized carbons (Fsp3) is 0.231. The molecule has 1 atom stereocenters. The van der Waals surface area contributed by atoms with E-state index < -0.39 is 10.8 Å². The van der Waals surface area contributed by atoms with E-state index in [1.165, 1.54) is 6.26 Å². The lowest BCUT2D eigenvalue weighted by atomic mass is 10.1. The van der Waals surface area contributed by atoms with Gasteiger partial charge in [-0.05, 0) is 23.8 Å². The van der Waals surface area contributed by atoms with E-state index >= 15 is 0 Å². The third-order valence-corrected chi connectivity index (χ3v) is 3.66. The van der Waals surface area contributed by atoms with E-state index in [9.17, 15) is 14.1 Å². The summed E-state index contributed by atoms with van der Waals surface area (Å²) in [5.74, 6) is -0.0635. The second kappa shape index (κ2) is 5.79. The van der Waals surface area contributed by atoms with Crippen LogP contribution in [-0.2, 0) is 15.6 Å². The van der Waals surface area contributed by atoms with E-state index in [0.29, 0.717) is 17.7 Å². The number of amides is 1. The molecule has 0 aliphatic carbocycles. The summed E-state index contributed by atoms with van der Waals surface area (Å²) in [5.41, 5.74) is 3.98. The molecule has 0 radical (unpaired) electrons. The molecule has 6 heteroatoms. The lowest BCUT2D eigenvalue weighted by molar-refractivity contribution is -0.121. The summed E-state index contributed by atoms with van der Waals surface area (Å²) in [6, 6.07) is 4.96. The molecule has 0 aromatic heterocycles. The van der Waals surface area contributed by atoms with Crippen molar-refractivity contribution in [2.24, 2.45) is 5.10 Å². The van der Waals surface area contributed by atoms with E-state index in [1.807, 2.05) is 0 Å². The minimum absolute atomic E-state index is 0.0156. The van der Waals surface area contributed by atoms with Crippen molar-refractivity contribution in [3.8, 4) is 5.75 Å². The number of phenols is 1. The molecule has 0 fully saturated rings. The Bertz CT molecular complexity index is 594. The van der Waals surface area contributed by atoms with Gasteiger partial charge < -0.3 is 5.11 Å². The molecule has 1 amide bonds. The highest BCUT2D eigenvalue weighted by Gasteiger charge is 2.09. The standard InChI is InChI=1S/C13H14N2O3S/c1-19(18)12-6-3-9(8-11(12)16)2-4-10-5-7-13(17)15-14-10/h2-4,6,8,16H,5,7H2,1H3,(H,15,17). The first-order valence-corrected chi connectivity index (χ1v) is 7.32. The van der Waals surface area contributed by atoms with E-state index in [4.69, 9.17) is 0 Å². The quantitative estimate of drug-likeness (QED) is 0.877. The predicted molar refractivity (Wildman–Crippen MR) is 74.3 cm³/mol. The molecule has 19 heavy (non-hydrogen) atoms. The molecule has 1 aromatic carbocycles. The molecule has 100 valence electrons. The molecule has 1 aliphatic rings. The molecule has 1 aromatic rings.